The van der Waals surface area contributed by atoms with Crippen molar-refractivity contribution in [1.82, 2.24) is 4.90 Å². The largest absolute Gasteiger partial charge is 0.480 e. The van der Waals surface area contributed by atoms with E-state index in [4.69, 9.17) is 5.11 Å². The highest BCUT2D eigenvalue weighted by Gasteiger charge is 2.40. The first-order valence-corrected chi connectivity index (χ1v) is 3.62. The minimum absolute atomic E-state index is 0.459. The molecule has 0 aromatic carbocycles. The van der Waals surface area contributed by atoms with E-state index >= 15 is 0 Å². The molecule has 1 heterocycles. The summed E-state index contributed by atoms with van der Waals surface area (Å²) in [6.07, 6.45) is 0. The summed E-state index contributed by atoms with van der Waals surface area (Å²) in [5.41, 5.74) is -0.677. The van der Waals surface area contributed by atoms with Crippen LogP contribution in [0.4, 0.5) is 0 Å². The third kappa shape index (κ3) is 1.70. The molecular weight excluding hydrogens is 146 g/mol. The van der Waals surface area contributed by atoms with E-state index in [9.17, 15) is 9.90 Å². The lowest BCUT2D eigenvalue weighted by Crippen LogP contribution is -2.63. The number of hydrogen-bond donors (Lipinski definition) is 2. The summed E-state index contributed by atoms with van der Waals surface area (Å²) < 4.78 is 0. The molecule has 0 spiro atoms. The van der Waals surface area contributed by atoms with Crippen molar-refractivity contribution in [2.75, 3.05) is 13.1 Å². The van der Waals surface area contributed by atoms with Gasteiger partial charge in [-0.05, 0) is 13.8 Å². The summed E-state index contributed by atoms with van der Waals surface area (Å²) in [4.78, 5) is 12.1. The van der Waals surface area contributed by atoms with Gasteiger partial charge in [-0.3, -0.25) is 9.69 Å². The third-order valence-electron chi connectivity index (χ3n) is 1.99. The van der Waals surface area contributed by atoms with Gasteiger partial charge < -0.3 is 10.2 Å². The molecule has 0 aliphatic carbocycles. The van der Waals surface area contributed by atoms with Crippen molar-refractivity contribution >= 4 is 5.97 Å². The average molecular weight is 159 g/mol. The normalized spacial score (nSPS) is 25.7. The Morgan fingerprint density at radius 2 is 2.09 bits per heavy atom. The SMILES string of the molecule is CC(C(=O)O)N1CC(C)(O)C1. The van der Waals surface area contributed by atoms with Crippen LogP contribution in [-0.2, 0) is 4.79 Å². The van der Waals surface area contributed by atoms with Crippen molar-refractivity contribution in [2.24, 2.45) is 0 Å². The summed E-state index contributed by atoms with van der Waals surface area (Å²) in [6, 6.07) is -0.477. The number of likely N-dealkylation sites (tertiary alicyclic amines) is 1. The minimum atomic E-state index is -0.833. The van der Waals surface area contributed by atoms with E-state index in [0.717, 1.165) is 0 Å². The number of nitrogens with zero attached hydrogens (tertiary/aromatic N) is 1. The molecule has 0 radical (unpaired) electrons. The Morgan fingerprint density at radius 1 is 1.64 bits per heavy atom. The molecular formula is C7H13NO3. The van der Waals surface area contributed by atoms with E-state index in [-0.39, 0.29) is 0 Å². The Hall–Kier alpha value is -0.610. The molecule has 4 heteroatoms. The van der Waals surface area contributed by atoms with Gasteiger partial charge in [0, 0.05) is 13.1 Å². The zero-order valence-electron chi connectivity index (χ0n) is 6.74. The third-order valence-corrected chi connectivity index (χ3v) is 1.99. The number of carbonyl (C=O) groups is 1. The average Bonchev–Trinajstić information content (AvgIpc) is 1.80. The van der Waals surface area contributed by atoms with Crippen LogP contribution >= 0.6 is 0 Å². The number of carboxylic acids is 1. The summed E-state index contributed by atoms with van der Waals surface area (Å²) in [6.45, 7) is 4.25. The summed E-state index contributed by atoms with van der Waals surface area (Å²) in [5.74, 6) is -0.833. The fourth-order valence-electron chi connectivity index (χ4n) is 1.26. The molecule has 0 aromatic rings. The van der Waals surface area contributed by atoms with Gasteiger partial charge in [0.1, 0.15) is 6.04 Å². The standard InChI is InChI=1S/C7H13NO3/c1-5(6(9)10)8-3-7(2,11)4-8/h5,11H,3-4H2,1-2H3,(H,9,10). The number of aliphatic carboxylic acids is 1. The predicted octanol–water partition coefficient (Wildman–Crippen LogP) is -0.474. The molecule has 1 atom stereocenters. The van der Waals surface area contributed by atoms with Crippen LogP contribution in [0, 0.1) is 0 Å². The van der Waals surface area contributed by atoms with Crippen molar-refractivity contribution in [3.05, 3.63) is 0 Å². The number of rotatable bonds is 2. The van der Waals surface area contributed by atoms with E-state index in [1.165, 1.54) is 0 Å². The maximum absolute atomic E-state index is 10.4. The van der Waals surface area contributed by atoms with Crippen LogP contribution in [-0.4, -0.2) is 45.8 Å². The minimum Gasteiger partial charge on any atom is -0.480 e. The lowest BCUT2D eigenvalue weighted by Gasteiger charge is -2.46. The van der Waals surface area contributed by atoms with Gasteiger partial charge in [-0.1, -0.05) is 0 Å². The predicted molar refractivity (Wildman–Crippen MR) is 39.3 cm³/mol. The summed E-state index contributed by atoms with van der Waals surface area (Å²) in [5, 5.41) is 17.8. The van der Waals surface area contributed by atoms with Crippen LogP contribution in [0.2, 0.25) is 0 Å². The Labute approximate surface area is 65.4 Å². The van der Waals surface area contributed by atoms with E-state index in [1.807, 2.05) is 0 Å². The highest BCUT2D eigenvalue weighted by molar-refractivity contribution is 5.73. The molecule has 1 fully saturated rings. The van der Waals surface area contributed by atoms with Gasteiger partial charge in [-0.25, -0.2) is 0 Å². The van der Waals surface area contributed by atoms with Crippen molar-refractivity contribution < 1.29 is 15.0 Å². The molecule has 1 unspecified atom stereocenters. The van der Waals surface area contributed by atoms with Gasteiger partial charge >= 0.3 is 5.97 Å². The van der Waals surface area contributed by atoms with Gasteiger partial charge in [0.05, 0.1) is 5.60 Å². The van der Waals surface area contributed by atoms with Gasteiger partial charge in [-0.15, -0.1) is 0 Å². The van der Waals surface area contributed by atoms with Crippen LogP contribution < -0.4 is 0 Å². The molecule has 1 rings (SSSR count). The van der Waals surface area contributed by atoms with Crippen molar-refractivity contribution in [2.45, 2.75) is 25.5 Å². The highest BCUT2D eigenvalue weighted by atomic mass is 16.4. The molecule has 4 nitrogen and oxygen atoms in total. The van der Waals surface area contributed by atoms with E-state index in [0.29, 0.717) is 13.1 Å². The van der Waals surface area contributed by atoms with Crippen molar-refractivity contribution in [1.29, 1.82) is 0 Å². The van der Waals surface area contributed by atoms with Crippen LogP contribution in [0.5, 0.6) is 0 Å². The zero-order chi connectivity index (χ0) is 8.65. The Morgan fingerprint density at radius 3 is 2.36 bits per heavy atom. The molecule has 0 amide bonds. The second-order valence-electron chi connectivity index (χ2n) is 3.42. The highest BCUT2D eigenvalue weighted by Crippen LogP contribution is 2.21. The molecule has 0 saturated carbocycles. The Balaban J connectivity index is 2.38. The Kier molecular flexibility index (Phi) is 1.90. The van der Waals surface area contributed by atoms with E-state index < -0.39 is 17.6 Å². The van der Waals surface area contributed by atoms with Gasteiger partial charge in [0.25, 0.3) is 0 Å². The first-order chi connectivity index (χ1) is 4.92. The lowest BCUT2D eigenvalue weighted by atomic mass is 9.95. The van der Waals surface area contributed by atoms with Crippen molar-refractivity contribution in [3.8, 4) is 0 Å². The topological polar surface area (TPSA) is 60.8 Å². The molecule has 0 aromatic heterocycles. The van der Waals surface area contributed by atoms with Crippen molar-refractivity contribution in [3.63, 3.8) is 0 Å². The molecule has 64 valence electrons. The zero-order valence-corrected chi connectivity index (χ0v) is 6.74. The van der Waals surface area contributed by atoms with Crippen LogP contribution in [0.1, 0.15) is 13.8 Å². The molecule has 0 bridgehead atoms. The van der Waals surface area contributed by atoms with Crippen LogP contribution in [0.3, 0.4) is 0 Å². The number of carboxylic acid groups (broad SMARTS) is 1. The summed E-state index contributed by atoms with van der Waals surface area (Å²) >= 11 is 0. The van der Waals surface area contributed by atoms with Crippen LogP contribution in [0.25, 0.3) is 0 Å². The fourth-order valence-corrected chi connectivity index (χ4v) is 1.26. The Bertz CT molecular complexity index is 171. The quantitative estimate of drug-likeness (QED) is 0.571. The maximum atomic E-state index is 10.4. The monoisotopic (exact) mass is 159 g/mol. The van der Waals surface area contributed by atoms with Gasteiger partial charge in [0.2, 0.25) is 0 Å². The van der Waals surface area contributed by atoms with Gasteiger partial charge in [-0.2, -0.15) is 0 Å². The first kappa shape index (κ1) is 8.49. The first-order valence-electron chi connectivity index (χ1n) is 3.62. The molecule has 1 saturated heterocycles. The summed E-state index contributed by atoms with van der Waals surface area (Å²) in [7, 11) is 0. The molecule has 2 N–H and O–H groups in total. The second kappa shape index (κ2) is 2.46. The maximum Gasteiger partial charge on any atom is 0.320 e. The molecule has 1 aliphatic rings. The lowest BCUT2D eigenvalue weighted by molar-refractivity contribution is -0.153. The smallest absolute Gasteiger partial charge is 0.320 e. The number of β-amino-alcohol motifs (C(OH)–C–C–N with tert-alkyl or cyclic N) is 1. The van der Waals surface area contributed by atoms with Crippen LogP contribution in [0.15, 0.2) is 0 Å². The van der Waals surface area contributed by atoms with E-state index in [1.54, 1.807) is 18.7 Å². The number of aliphatic hydroxyl groups is 1. The van der Waals surface area contributed by atoms with E-state index in [2.05, 4.69) is 0 Å². The second-order valence-corrected chi connectivity index (χ2v) is 3.42. The molecule has 11 heavy (non-hydrogen) atoms. The van der Waals surface area contributed by atoms with Gasteiger partial charge in [0.15, 0.2) is 0 Å². The molecule has 1 aliphatic heterocycles. The number of hydrogen-bond acceptors (Lipinski definition) is 3. The fraction of sp³-hybridized carbons (Fsp3) is 0.857.